The van der Waals surface area contributed by atoms with E-state index in [1.54, 1.807) is 7.11 Å². The standard InChI is InChI=1S/C21H24N4O3.HI/c1-26-18-5-2-4-16-20(18)14(13-24-16)8-9-23-21(22)25-15-6-7-17-19(12-15)28-11-3-10-27-17;/h2,4-7,12-13,24H,3,8-11H2,1H3,(H3,22,23,25);1H. The van der Waals surface area contributed by atoms with Gasteiger partial charge in [-0.25, -0.2) is 0 Å². The van der Waals surface area contributed by atoms with E-state index in [-0.39, 0.29) is 24.0 Å². The summed E-state index contributed by atoms with van der Waals surface area (Å²) in [5, 5.41) is 4.20. The summed E-state index contributed by atoms with van der Waals surface area (Å²) in [6.07, 6.45) is 3.62. The molecular formula is C21H25IN4O3. The first-order chi connectivity index (χ1) is 13.7. The van der Waals surface area contributed by atoms with Crippen molar-refractivity contribution in [3.05, 3.63) is 48.2 Å². The van der Waals surface area contributed by atoms with Gasteiger partial charge in [-0.1, -0.05) is 6.07 Å². The summed E-state index contributed by atoms with van der Waals surface area (Å²) in [5.74, 6) is 2.70. The Bertz CT molecular complexity index is 1000. The van der Waals surface area contributed by atoms with Gasteiger partial charge in [0.25, 0.3) is 0 Å². The molecule has 4 N–H and O–H groups in total. The number of rotatable bonds is 5. The highest BCUT2D eigenvalue weighted by atomic mass is 127. The minimum absolute atomic E-state index is 0. The Hall–Kier alpha value is -2.62. The van der Waals surface area contributed by atoms with Gasteiger partial charge in [-0.05, 0) is 36.2 Å². The minimum Gasteiger partial charge on any atom is -0.496 e. The van der Waals surface area contributed by atoms with E-state index in [1.165, 1.54) is 0 Å². The van der Waals surface area contributed by atoms with Crippen molar-refractivity contribution in [1.29, 1.82) is 0 Å². The molecule has 154 valence electrons. The number of benzene rings is 2. The zero-order chi connectivity index (χ0) is 19.3. The second kappa shape index (κ2) is 9.73. The lowest BCUT2D eigenvalue weighted by molar-refractivity contribution is 0.297. The molecule has 7 nitrogen and oxygen atoms in total. The van der Waals surface area contributed by atoms with E-state index < -0.39 is 0 Å². The number of methoxy groups -OCH3 is 1. The van der Waals surface area contributed by atoms with Crippen LogP contribution in [0.1, 0.15) is 12.0 Å². The van der Waals surface area contributed by atoms with Crippen LogP contribution in [0.5, 0.6) is 17.2 Å². The van der Waals surface area contributed by atoms with Crippen molar-refractivity contribution in [3.8, 4) is 17.2 Å². The van der Waals surface area contributed by atoms with Gasteiger partial charge in [0.1, 0.15) is 5.75 Å². The molecule has 4 rings (SSSR count). The van der Waals surface area contributed by atoms with E-state index in [4.69, 9.17) is 19.9 Å². The number of nitrogens with two attached hydrogens (primary N) is 1. The van der Waals surface area contributed by atoms with Gasteiger partial charge in [0, 0.05) is 41.8 Å². The molecule has 0 amide bonds. The Morgan fingerprint density at radius 1 is 1.21 bits per heavy atom. The van der Waals surface area contributed by atoms with Crippen molar-refractivity contribution in [2.45, 2.75) is 12.8 Å². The average molecular weight is 508 g/mol. The van der Waals surface area contributed by atoms with Crippen LogP contribution in [0.4, 0.5) is 5.69 Å². The lowest BCUT2D eigenvalue weighted by atomic mass is 10.1. The van der Waals surface area contributed by atoms with Crippen LogP contribution in [-0.2, 0) is 6.42 Å². The summed E-state index contributed by atoms with van der Waals surface area (Å²) in [4.78, 5) is 7.72. The number of fused-ring (bicyclic) bond motifs is 2. The largest absolute Gasteiger partial charge is 0.496 e. The lowest BCUT2D eigenvalue weighted by Gasteiger charge is -2.10. The molecule has 0 radical (unpaired) electrons. The van der Waals surface area contributed by atoms with Gasteiger partial charge in [0.05, 0.1) is 20.3 Å². The number of guanidine groups is 1. The van der Waals surface area contributed by atoms with Gasteiger partial charge in [-0.2, -0.15) is 0 Å². The highest BCUT2D eigenvalue weighted by Gasteiger charge is 2.11. The van der Waals surface area contributed by atoms with Gasteiger partial charge in [0.2, 0.25) is 0 Å². The number of nitrogens with zero attached hydrogens (tertiary/aromatic N) is 1. The fourth-order valence-corrected chi connectivity index (χ4v) is 3.31. The average Bonchev–Trinajstić information content (AvgIpc) is 2.97. The van der Waals surface area contributed by atoms with E-state index in [9.17, 15) is 0 Å². The normalized spacial score (nSPS) is 13.5. The van der Waals surface area contributed by atoms with E-state index in [2.05, 4.69) is 15.3 Å². The number of ether oxygens (including phenoxy) is 3. The SMILES string of the molecule is COc1cccc2[nH]cc(CCN=C(N)Nc3ccc4c(c3)OCCCO4)c12.I. The number of hydrogen-bond acceptors (Lipinski definition) is 4. The van der Waals surface area contributed by atoms with E-state index in [1.807, 2.05) is 42.6 Å². The van der Waals surface area contributed by atoms with Crippen molar-refractivity contribution in [3.63, 3.8) is 0 Å². The zero-order valence-electron chi connectivity index (χ0n) is 16.2. The zero-order valence-corrected chi connectivity index (χ0v) is 18.6. The number of nitrogens with one attached hydrogen (secondary N) is 2. The predicted octanol–water partition coefficient (Wildman–Crippen LogP) is 3.93. The summed E-state index contributed by atoms with van der Waals surface area (Å²) in [5.41, 5.74) is 9.08. The second-order valence-electron chi connectivity index (χ2n) is 6.55. The predicted molar refractivity (Wildman–Crippen MR) is 126 cm³/mol. The molecule has 0 fully saturated rings. The first-order valence-corrected chi connectivity index (χ1v) is 9.34. The van der Waals surface area contributed by atoms with Gasteiger partial charge in [-0.15, -0.1) is 24.0 Å². The molecule has 0 unspecified atom stereocenters. The molecular weight excluding hydrogens is 483 g/mol. The van der Waals surface area contributed by atoms with Gasteiger partial charge >= 0.3 is 0 Å². The molecule has 1 aliphatic rings. The van der Waals surface area contributed by atoms with Crippen LogP contribution in [0.2, 0.25) is 0 Å². The number of anilines is 1. The third-order valence-electron chi connectivity index (χ3n) is 4.65. The first-order valence-electron chi connectivity index (χ1n) is 9.34. The highest BCUT2D eigenvalue weighted by molar-refractivity contribution is 14.0. The van der Waals surface area contributed by atoms with Crippen LogP contribution >= 0.6 is 24.0 Å². The molecule has 0 atom stereocenters. The molecule has 0 aliphatic carbocycles. The van der Waals surface area contributed by atoms with E-state index in [0.717, 1.165) is 52.2 Å². The Balaban J connectivity index is 0.00000240. The van der Waals surface area contributed by atoms with Crippen LogP contribution in [0.15, 0.2) is 47.6 Å². The van der Waals surface area contributed by atoms with Crippen LogP contribution in [-0.4, -0.2) is 37.8 Å². The third-order valence-corrected chi connectivity index (χ3v) is 4.65. The molecule has 8 heteroatoms. The monoisotopic (exact) mass is 508 g/mol. The van der Waals surface area contributed by atoms with Gasteiger partial charge in [-0.3, -0.25) is 4.99 Å². The molecule has 0 bridgehead atoms. The molecule has 0 spiro atoms. The number of aromatic amines is 1. The van der Waals surface area contributed by atoms with E-state index in [0.29, 0.717) is 25.7 Å². The van der Waals surface area contributed by atoms with Crippen LogP contribution < -0.4 is 25.3 Å². The number of H-pyrrole nitrogens is 1. The first kappa shape index (κ1) is 21.1. The number of aromatic nitrogens is 1. The maximum atomic E-state index is 6.06. The second-order valence-corrected chi connectivity index (χ2v) is 6.55. The van der Waals surface area contributed by atoms with Crippen LogP contribution in [0.3, 0.4) is 0 Å². The summed E-state index contributed by atoms with van der Waals surface area (Å²) in [6, 6.07) is 11.6. The van der Waals surface area contributed by atoms with Gasteiger partial charge < -0.3 is 30.2 Å². The Kier molecular flexibility index (Phi) is 7.08. The molecule has 0 saturated carbocycles. The molecule has 2 aromatic carbocycles. The van der Waals surface area contributed by atoms with Crippen molar-refractivity contribution in [2.24, 2.45) is 10.7 Å². The minimum atomic E-state index is 0. The smallest absolute Gasteiger partial charge is 0.193 e. The molecule has 0 saturated heterocycles. The van der Waals surface area contributed by atoms with E-state index >= 15 is 0 Å². The highest BCUT2D eigenvalue weighted by Crippen LogP contribution is 2.32. The van der Waals surface area contributed by atoms with Crippen LogP contribution in [0, 0.1) is 0 Å². The third kappa shape index (κ3) is 4.87. The Morgan fingerprint density at radius 2 is 2.03 bits per heavy atom. The Labute approximate surface area is 186 Å². The number of hydrogen-bond donors (Lipinski definition) is 3. The fourth-order valence-electron chi connectivity index (χ4n) is 3.31. The Morgan fingerprint density at radius 3 is 2.86 bits per heavy atom. The number of aliphatic imine (C=N–C) groups is 1. The van der Waals surface area contributed by atoms with Crippen molar-refractivity contribution >= 4 is 46.5 Å². The summed E-state index contributed by atoms with van der Waals surface area (Å²) >= 11 is 0. The quantitative estimate of drug-likeness (QED) is 0.276. The lowest BCUT2D eigenvalue weighted by Crippen LogP contribution is -2.23. The maximum Gasteiger partial charge on any atom is 0.193 e. The van der Waals surface area contributed by atoms with Gasteiger partial charge in [0.15, 0.2) is 17.5 Å². The topological polar surface area (TPSA) is 93.9 Å². The molecule has 29 heavy (non-hydrogen) atoms. The van der Waals surface area contributed by atoms with Crippen molar-refractivity contribution in [1.82, 2.24) is 4.98 Å². The summed E-state index contributed by atoms with van der Waals surface area (Å²) in [6.45, 7) is 1.88. The fraction of sp³-hybridized carbons (Fsp3) is 0.286. The summed E-state index contributed by atoms with van der Waals surface area (Å²) in [7, 11) is 1.68. The molecule has 1 aromatic heterocycles. The summed E-state index contributed by atoms with van der Waals surface area (Å²) < 4.78 is 16.8. The molecule has 3 aromatic rings. The van der Waals surface area contributed by atoms with Crippen LogP contribution in [0.25, 0.3) is 10.9 Å². The van der Waals surface area contributed by atoms with Crippen molar-refractivity contribution < 1.29 is 14.2 Å². The maximum absolute atomic E-state index is 6.06. The number of halogens is 1. The molecule has 2 heterocycles. The van der Waals surface area contributed by atoms with Crippen molar-refractivity contribution in [2.75, 3.05) is 32.2 Å². The molecule has 1 aliphatic heterocycles.